The maximum Gasteiger partial charge on any atom is 0.165 e. The van der Waals surface area contributed by atoms with Gasteiger partial charge >= 0.3 is 0 Å². The number of nitrogens with one attached hydrogen (secondary N) is 1. The minimum atomic E-state index is 0.774. The number of pyridine rings is 1. The van der Waals surface area contributed by atoms with Crippen LogP contribution in [0.15, 0.2) is 49.1 Å². The number of aryl methyl sites for hydroxylation is 1. The van der Waals surface area contributed by atoms with Gasteiger partial charge in [-0.2, -0.15) is 0 Å². The number of piperidine rings is 1. The van der Waals surface area contributed by atoms with Crippen molar-refractivity contribution in [2.75, 3.05) is 23.3 Å². The van der Waals surface area contributed by atoms with Gasteiger partial charge < -0.3 is 14.8 Å². The second-order valence-electron chi connectivity index (χ2n) is 6.76. The molecule has 0 aliphatic carbocycles. The maximum absolute atomic E-state index is 4.35. The van der Waals surface area contributed by atoms with Crippen LogP contribution >= 0.6 is 0 Å². The highest BCUT2D eigenvalue weighted by atomic mass is 15.2. The SMILES string of the molecule is Cn1cnnc1-c1cncc(NCc2ccccc2N2CCCCC2)c1. The monoisotopic (exact) mass is 348 g/mol. The summed E-state index contributed by atoms with van der Waals surface area (Å²) >= 11 is 0. The number of hydrogen-bond acceptors (Lipinski definition) is 5. The van der Waals surface area contributed by atoms with Crippen molar-refractivity contribution in [1.29, 1.82) is 0 Å². The third kappa shape index (κ3) is 3.54. The van der Waals surface area contributed by atoms with Crippen LogP contribution < -0.4 is 10.2 Å². The number of nitrogens with zero attached hydrogens (tertiary/aromatic N) is 5. The number of aromatic nitrogens is 4. The van der Waals surface area contributed by atoms with E-state index in [1.54, 1.807) is 6.33 Å². The predicted octanol–water partition coefficient (Wildman–Crippen LogP) is 3.48. The van der Waals surface area contributed by atoms with Gasteiger partial charge in [-0.3, -0.25) is 4.98 Å². The molecule has 0 atom stereocenters. The normalized spacial score (nSPS) is 14.4. The van der Waals surface area contributed by atoms with E-state index in [-0.39, 0.29) is 0 Å². The molecule has 1 aliphatic heterocycles. The average Bonchev–Trinajstić information content (AvgIpc) is 3.13. The summed E-state index contributed by atoms with van der Waals surface area (Å²) in [5.74, 6) is 0.815. The van der Waals surface area contributed by atoms with E-state index in [1.165, 1.54) is 30.5 Å². The first-order chi connectivity index (χ1) is 12.8. The molecule has 3 heterocycles. The first-order valence-corrected chi connectivity index (χ1v) is 9.17. The van der Waals surface area contributed by atoms with Crippen LogP contribution in [-0.2, 0) is 13.6 Å². The molecule has 1 saturated heterocycles. The van der Waals surface area contributed by atoms with Gasteiger partial charge in [0.1, 0.15) is 6.33 Å². The van der Waals surface area contributed by atoms with Crippen LogP contribution in [0.25, 0.3) is 11.4 Å². The highest BCUT2D eigenvalue weighted by Crippen LogP contribution is 2.25. The molecule has 6 heteroatoms. The van der Waals surface area contributed by atoms with Crippen LogP contribution in [0, 0.1) is 0 Å². The number of para-hydroxylation sites is 1. The van der Waals surface area contributed by atoms with E-state index in [4.69, 9.17) is 0 Å². The van der Waals surface area contributed by atoms with E-state index in [2.05, 4.69) is 55.7 Å². The Morgan fingerprint density at radius 2 is 1.92 bits per heavy atom. The van der Waals surface area contributed by atoms with Gasteiger partial charge in [0.2, 0.25) is 0 Å². The third-order valence-electron chi connectivity index (χ3n) is 4.88. The van der Waals surface area contributed by atoms with Crippen LogP contribution in [0.1, 0.15) is 24.8 Å². The molecule has 0 amide bonds. The van der Waals surface area contributed by atoms with Gasteiger partial charge in [-0.05, 0) is 37.0 Å². The van der Waals surface area contributed by atoms with Crippen molar-refractivity contribution in [2.24, 2.45) is 7.05 Å². The van der Waals surface area contributed by atoms with E-state index in [1.807, 2.05) is 24.0 Å². The van der Waals surface area contributed by atoms with Gasteiger partial charge in [0.05, 0.1) is 5.69 Å². The van der Waals surface area contributed by atoms with E-state index >= 15 is 0 Å². The molecule has 6 nitrogen and oxygen atoms in total. The molecule has 3 aromatic rings. The van der Waals surface area contributed by atoms with Crippen molar-refractivity contribution >= 4 is 11.4 Å². The quantitative estimate of drug-likeness (QED) is 0.765. The van der Waals surface area contributed by atoms with Gasteiger partial charge in [-0.15, -0.1) is 10.2 Å². The largest absolute Gasteiger partial charge is 0.380 e. The summed E-state index contributed by atoms with van der Waals surface area (Å²) in [5, 5.41) is 11.6. The van der Waals surface area contributed by atoms with Gasteiger partial charge in [0.25, 0.3) is 0 Å². The highest BCUT2D eigenvalue weighted by Gasteiger charge is 2.14. The van der Waals surface area contributed by atoms with Crippen molar-refractivity contribution in [2.45, 2.75) is 25.8 Å². The Kier molecular flexibility index (Phi) is 4.82. The summed E-state index contributed by atoms with van der Waals surface area (Å²) in [4.78, 5) is 6.86. The van der Waals surface area contributed by atoms with Crippen molar-refractivity contribution < 1.29 is 0 Å². The standard InChI is InChI=1S/C20H24N6/c1-25-15-23-24-20(25)17-11-18(14-21-12-17)22-13-16-7-3-4-8-19(16)26-9-5-2-6-10-26/h3-4,7-8,11-12,14-15,22H,2,5-6,9-10,13H2,1H3. The number of benzene rings is 1. The Bertz CT molecular complexity index is 866. The van der Waals surface area contributed by atoms with Gasteiger partial charge in [-0.25, -0.2) is 0 Å². The molecule has 1 N–H and O–H groups in total. The molecule has 26 heavy (non-hydrogen) atoms. The van der Waals surface area contributed by atoms with Gasteiger partial charge in [-0.1, -0.05) is 18.2 Å². The lowest BCUT2D eigenvalue weighted by atomic mass is 10.1. The molecular formula is C20H24N6. The summed E-state index contributed by atoms with van der Waals surface area (Å²) in [7, 11) is 1.93. The first kappa shape index (κ1) is 16.6. The van der Waals surface area contributed by atoms with Crippen LogP contribution in [-0.4, -0.2) is 32.8 Å². The van der Waals surface area contributed by atoms with E-state index in [0.29, 0.717) is 0 Å². The Hall–Kier alpha value is -2.89. The Morgan fingerprint density at radius 3 is 2.73 bits per heavy atom. The van der Waals surface area contributed by atoms with Crippen molar-refractivity contribution in [3.05, 3.63) is 54.6 Å². The first-order valence-electron chi connectivity index (χ1n) is 9.17. The topological polar surface area (TPSA) is 58.9 Å². The van der Waals surface area contributed by atoms with Crippen LogP contribution in [0.3, 0.4) is 0 Å². The minimum Gasteiger partial charge on any atom is -0.380 e. The lowest BCUT2D eigenvalue weighted by Gasteiger charge is -2.30. The number of anilines is 2. The lowest BCUT2D eigenvalue weighted by molar-refractivity contribution is 0.576. The maximum atomic E-state index is 4.35. The molecular weight excluding hydrogens is 324 g/mol. The molecule has 1 aliphatic rings. The summed E-state index contributed by atoms with van der Waals surface area (Å²) in [6.07, 6.45) is 9.28. The minimum absolute atomic E-state index is 0.774. The fraction of sp³-hybridized carbons (Fsp3) is 0.350. The van der Waals surface area contributed by atoms with E-state index in [0.717, 1.165) is 36.7 Å². The number of hydrogen-bond donors (Lipinski definition) is 1. The molecule has 0 radical (unpaired) electrons. The average molecular weight is 348 g/mol. The van der Waals surface area contributed by atoms with E-state index in [9.17, 15) is 0 Å². The highest BCUT2D eigenvalue weighted by molar-refractivity contribution is 5.61. The summed E-state index contributed by atoms with van der Waals surface area (Å²) in [6.45, 7) is 3.08. The second kappa shape index (κ2) is 7.56. The fourth-order valence-corrected chi connectivity index (χ4v) is 3.50. The summed E-state index contributed by atoms with van der Waals surface area (Å²) in [6, 6.07) is 10.7. The zero-order valence-corrected chi connectivity index (χ0v) is 15.1. The van der Waals surface area contributed by atoms with Gasteiger partial charge in [0.15, 0.2) is 5.82 Å². The fourth-order valence-electron chi connectivity index (χ4n) is 3.50. The van der Waals surface area contributed by atoms with E-state index < -0.39 is 0 Å². The smallest absolute Gasteiger partial charge is 0.165 e. The Labute approximate surface area is 153 Å². The Balaban J connectivity index is 1.50. The van der Waals surface area contributed by atoms with Crippen molar-refractivity contribution in [3.63, 3.8) is 0 Å². The second-order valence-corrected chi connectivity index (χ2v) is 6.76. The molecule has 1 aromatic carbocycles. The van der Waals surface area contributed by atoms with Gasteiger partial charge in [0, 0.05) is 50.3 Å². The summed E-state index contributed by atoms with van der Waals surface area (Å²) < 4.78 is 1.90. The Morgan fingerprint density at radius 1 is 1.08 bits per heavy atom. The lowest BCUT2D eigenvalue weighted by Crippen LogP contribution is -2.30. The van der Waals surface area contributed by atoms with Crippen LogP contribution in [0.4, 0.5) is 11.4 Å². The molecule has 4 rings (SSSR count). The molecule has 0 saturated carbocycles. The zero-order chi connectivity index (χ0) is 17.8. The third-order valence-corrected chi connectivity index (χ3v) is 4.88. The van der Waals surface area contributed by atoms with Crippen LogP contribution in [0.5, 0.6) is 0 Å². The predicted molar refractivity (Wildman–Crippen MR) is 104 cm³/mol. The molecule has 2 aromatic heterocycles. The molecule has 0 spiro atoms. The molecule has 0 bridgehead atoms. The van der Waals surface area contributed by atoms with Crippen LogP contribution in [0.2, 0.25) is 0 Å². The summed E-state index contributed by atoms with van der Waals surface area (Å²) in [5.41, 5.74) is 4.61. The molecule has 0 unspecified atom stereocenters. The van der Waals surface area contributed by atoms with Crippen molar-refractivity contribution in [1.82, 2.24) is 19.7 Å². The number of rotatable bonds is 5. The van der Waals surface area contributed by atoms with Crippen molar-refractivity contribution in [3.8, 4) is 11.4 Å². The molecule has 134 valence electrons. The zero-order valence-electron chi connectivity index (χ0n) is 15.1. The molecule has 1 fully saturated rings.